The highest BCUT2D eigenvalue weighted by atomic mass is 32.2. The molecule has 4 rings (SSSR count). The molecule has 0 aromatic carbocycles. The minimum atomic E-state index is -0.140. The fourth-order valence-electron chi connectivity index (χ4n) is 3.97. The molecule has 148 valence electrons. The van der Waals surface area contributed by atoms with Crippen molar-refractivity contribution in [1.82, 2.24) is 9.97 Å². The van der Waals surface area contributed by atoms with Crippen molar-refractivity contribution in [3.05, 3.63) is 10.4 Å². The summed E-state index contributed by atoms with van der Waals surface area (Å²) in [7, 11) is 0. The molecule has 0 saturated carbocycles. The van der Waals surface area contributed by atoms with E-state index in [9.17, 15) is 5.11 Å². The number of anilines is 1. The third-order valence-corrected chi connectivity index (χ3v) is 7.23. The number of hydrogen-bond acceptors (Lipinski definition) is 7. The molecular weight excluding hydrogens is 380 g/mol. The van der Waals surface area contributed by atoms with Gasteiger partial charge in [0.15, 0.2) is 5.16 Å². The number of aliphatic hydroxyl groups excluding tert-OH is 1. The van der Waals surface area contributed by atoms with Crippen molar-refractivity contribution in [2.75, 3.05) is 50.0 Å². The second-order valence-electron chi connectivity index (χ2n) is 7.88. The van der Waals surface area contributed by atoms with Gasteiger partial charge in [0, 0.05) is 11.3 Å². The highest BCUT2D eigenvalue weighted by molar-refractivity contribution is 7.99. The quantitative estimate of drug-likeness (QED) is 0.574. The van der Waals surface area contributed by atoms with E-state index < -0.39 is 0 Å². The first kappa shape index (κ1) is 19.4. The second kappa shape index (κ2) is 7.83. The van der Waals surface area contributed by atoms with E-state index in [0.717, 1.165) is 60.7 Å². The molecule has 0 unspecified atom stereocenters. The van der Waals surface area contributed by atoms with Gasteiger partial charge in [-0.25, -0.2) is 9.97 Å². The Morgan fingerprint density at radius 3 is 2.78 bits per heavy atom. The van der Waals surface area contributed by atoms with Crippen LogP contribution in [0.4, 0.5) is 5.82 Å². The zero-order valence-corrected chi connectivity index (χ0v) is 18.0. The lowest BCUT2D eigenvalue weighted by atomic mass is 9.94. The molecule has 4 heterocycles. The van der Waals surface area contributed by atoms with Crippen LogP contribution in [0.1, 0.15) is 31.2 Å². The van der Waals surface area contributed by atoms with Crippen LogP contribution >= 0.6 is 23.1 Å². The van der Waals surface area contributed by atoms with Gasteiger partial charge in [0.2, 0.25) is 0 Å². The molecule has 6 nitrogen and oxygen atoms in total. The summed E-state index contributed by atoms with van der Waals surface area (Å²) < 4.78 is 6.04. The van der Waals surface area contributed by atoms with Crippen LogP contribution in [0.25, 0.3) is 10.2 Å². The van der Waals surface area contributed by atoms with Crippen LogP contribution in [0.5, 0.6) is 0 Å². The van der Waals surface area contributed by atoms with Gasteiger partial charge in [0.1, 0.15) is 17.2 Å². The number of rotatable bonds is 5. The van der Waals surface area contributed by atoms with Crippen molar-refractivity contribution in [3.63, 3.8) is 0 Å². The largest absolute Gasteiger partial charge is 0.391 e. The van der Waals surface area contributed by atoms with Crippen molar-refractivity contribution in [2.45, 2.75) is 44.6 Å². The topological polar surface area (TPSA) is 62.9 Å². The van der Waals surface area contributed by atoms with E-state index in [0.29, 0.717) is 6.61 Å². The minimum absolute atomic E-state index is 0.140. The number of thiophene rings is 1. The van der Waals surface area contributed by atoms with E-state index in [-0.39, 0.29) is 12.2 Å². The summed E-state index contributed by atoms with van der Waals surface area (Å²) in [6.07, 6.45) is 0.911. The Morgan fingerprint density at radius 1 is 1.30 bits per heavy atom. The Labute approximate surface area is 168 Å². The van der Waals surface area contributed by atoms with Crippen LogP contribution in [0, 0.1) is 0 Å². The van der Waals surface area contributed by atoms with E-state index >= 15 is 0 Å². The van der Waals surface area contributed by atoms with Crippen LogP contribution in [0.3, 0.4) is 0 Å². The summed E-state index contributed by atoms with van der Waals surface area (Å²) in [6, 6.07) is 0. The number of piperazine rings is 1. The number of hydrogen-bond donors (Lipinski definition) is 2. The smallest absolute Gasteiger partial charge is 0.190 e. The number of nitrogens with one attached hydrogen (secondary N) is 1. The molecule has 2 aromatic rings. The van der Waals surface area contributed by atoms with Gasteiger partial charge in [-0.15, -0.1) is 11.3 Å². The molecule has 0 aliphatic carbocycles. The van der Waals surface area contributed by atoms with Gasteiger partial charge in [-0.3, -0.25) is 0 Å². The van der Waals surface area contributed by atoms with Crippen LogP contribution in [-0.2, 0) is 17.8 Å². The summed E-state index contributed by atoms with van der Waals surface area (Å²) in [5.74, 6) is 2.08. The summed E-state index contributed by atoms with van der Waals surface area (Å²) in [5.41, 5.74) is 1.25. The Hall–Kier alpha value is -0.930. The zero-order chi connectivity index (χ0) is 19.0. The first-order valence-corrected chi connectivity index (χ1v) is 11.6. The predicted octanol–water partition coefficient (Wildman–Crippen LogP) is 1.35. The number of thioether (sulfide) groups is 1. The second-order valence-corrected chi connectivity index (χ2v) is 10.2. The molecule has 1 saturated heterocycles. The molecule has 0 radical (unpaired) electrons. The lowest BCUT2D eigenvalue weighted by Gasteiger charge is -2.34. The Kier molecular flexibility index (Phi) is 5.62. The van der Waals surface area contributed by atoms with Crippen LogP contribution in [0.2, 0.25) is 0 Å². The molecule has 2 aromatic heterocycles. The average molecular weight is 410 g/mol. The van der Waals surface area contributed by atoms with Gasteiger partial charge in [0.05, 0.1) is 50.4 Å². The minimum Gasteiger partial charge on any atom is -0.391 e. The first-order valence-electron chi connectivity index (χ1n) is 9.79. The fraction of sp³-hybridized carbons (Fsp3) is 0.684. The molecule has 8 heteroatoms. The van der Waals surface area contributed by atoms with Crippen molar-refractivity contribution < 1.29 is 14.7 Å². The van der Waals surface area contributed by atoms with E-state index in [1.54, 1.807) is 23.1 Å². The molecule has 0 atom stereocenters. The molecular formula is C19H29N4O2S2+. The lowest BCUT2D eigenvalue weighted by molar-refractivity contribution is -0.900. The van der Waals surface area contributed by atoms with Crippen molar-refractivity contribution in [3.8, 4) is 0 Å². The molecule has 2 aliphatic rings. The maximum Gasteiger partial charge on any atom is 0.190 e. The number of fused-ring (bicyclic) bond motifs is 3. The Morgan fingerprint density at radius 2 is 2.07 bits per heavy atom. The van der Waals surface area contributed by atoms with Gasteiger partial charge < -0.3 is 19.6 Å². The molecule has 0 bridgehead atoms. The maximum absolute atomic E-state index is 9.22. The number of aliphatic hydroxyl groups is 1. The van der Waals surface area contributed by atoms with Crippen LogP contribution in [0.15, 0.2) is 5.16 Å². The van der Waals surface area contributed by atoms with E-state index in [1.165, 1.54) is 20.7 Å². The van der Waals surface area contributed by atoms with Gasteiger partial charge >= 0.3 is 0 Å². The van der Waals surface area contributed by atoms with Crippen LogP contribution in [-0.4, -0.2) is 65.8 Å². The van der Waals surface area contributed by atoms with Crippen molar-refractivity contribution >= 4 is 39.1 Å². The van der Waals surface area contributed by atoms with Gasteiger partial charge in [0.25, 0.3) is 0 Å². The molecule has 0 spiro atoms. The summed E-state index contributed by atoms with van der Waals surface area (Å²) >= 11 is 3.48. The molecule has 2 aliphatic heterocycles. The Bertz CT molecular complexity index is 816. The zero-order valence-electron chi connectivity index (χ0n) is 16.4. The number of quaternary nitrogens is 1. The lowest BCUT2D eigenvalue weighted by Crippen LogP contribution is -3.15. The summed E-state index contributed by atoms with van der Waals surface area (Å²) in [6.45, 7) is 12.3. The third-order valence-electron chi connectivity index (χ3n) is 5.40. The SMILES string of the molecule is CCSc1nc(N2CC[NH+](CCO)CC2)c2c3c(sc2n1)COC(C)(C)C3. The number of aromatic nitrogens is 2. The average Bonchev–Trinajstić information content (AvgIpc) is 2.99. The van der Waals surface area contributed by atoms with Gasteiger partial charge in [-0.2, -0.15) is 0 Å². The standard InChI is InChI=1S/C19H28N4O2S2/c1-4-26-18-20-16(23-7-5-22(6-8-23)9-10-24)15-13-11-19(2,3)25-12-14(13)27-17(15)21-18/h24H,4-12H2,1-3H3/p+1. The molecule has 27 heavy (non-hydrogen) atoms. The van der Waals surface area contributed by atoms with Gasteiger partial charge in [-0.05, 0) is 25.2 Å². The number of nitrogens with zero attached hydrogens (tertiary/aromatic N) is 3. The molecule has 1 fully saturated rings. The van der Waals surface area contributed by atoms with Crippen LogP contribution < -0.4 is 9.80 Å². The fourth-order valence-corrected chi connectivity index (χ4v) is 5.69. The predicted molar refractivity (Wildman–Crippen MR) is 111 cm³/mol. The van der Waals surface area contributed by atoms with E-state index in [4.69, 9.17) is 14.7 Å². The highest BCUT2D eigenvalue weighted by Gasteiger charge is 2.32. The van der Waals surface area contributed by atoms with Gasteiger partial charge in [-0.1, -0.05) is 18.7 Å². The first-order chi connectivity index (χ1) is 13.0. The third kappa shape index (κ3) is 3.96. The van der Waals surface area contributed by atoms with Crippen molar-refractivity contribution in [2.24, 2.45) is 0 Å². The van der Waals surface area contributed by atoms with Crippen molar-refractivity contribution in [1.29, 1.82) is 0 Å². The monoisotopic (exact) mass is 409 g/mol. The summed E-state index contributed by atoms with van der Waals surface area (Å²) in [4.78, 5) is 16.2. The van der Waals surface area contributed by atoms with E-state index in [2.05, 4.69) is 25.7 Å². The maximum atomic E-state index is 9.22. The number of ether oxygens (including phenoxy) is 1. The Balaban J connectivity index is 1.74. The molecule has 0 amide bonds. The van der Waals surface area contributed by atoms with E-state index in [1.807, 2.05) is 0 Å². The summed E-state index contributed by atoms with van der Waals surface area (Å²) in [5, 5.41) is 11.3. The highest BCUT2D eigenvalue weighted by Crippen LogP contribution is 2.42. The molecule has 2 N–H and O–H groups in total. The normalized spacial score (nSPS) is 20.2.